The minimum absolute atomic E-state index is 0.0465. The molecule has 0 aliphatic carbocycles. The zero-order valence-electron chi connectivity index (χ0n) is 17.5. The summed E-state index contributed by atoms with van der Waals surface area (Å²) < 4.78 is 11.9. The molecule has 152 valence electrons. The van der Waals surface area contributed by atoms with Crippen LogP contribution in [0.3, 0.4) is 0 Å². The third-order valence-corrected chi connectivity index (χ3v) is 6.25. The summed E-state index contributed by atoms with van der Waals surface area (Å²) in [5.74, 6) is -0.168. The molecule has 1 N–H and O–H groups in total. The number of hydrogen-bond donors (Lipinski definition) is 1. The third kappa shape index (κ3) is 6.42. The average Bonchev–Trinajstić information content (AvgIpc) is 2.64. The first-order chi connectivity index (χ1) is 12.6. The number of carbonyl (C=O) groups excluding carboxylic acids is 1. The molecule has 2 saturated heterocycles. The molecule has 2 aliphatic rings. The van der Waals surface area contributed by atoms with Crippen LogP contribution >= 0.6 is 0 Å². The number of morpholine rings is 1. The molecular weight excluding hydrogens is 358 g/mol. The quantitative estimate of drug-likeness (QED) is 0.427. The molecule has 2 aliphatic heterocycles. The highest BCUT2D eigenvalue weighted by molar-refractivity contribution is 6.69. The van der Waals surface area contributed by atoms with Gasteiger partial charge in [0.05, 0.1) is 25.4 Å². The Morgan fingerprint density at radius 2 is 2.15 bits per heavy atom. The fourth-order valence-electron chi connectivity index (χ4n) is 3.59. The molecule has 1 unspecified atom stereocenters. The number of likely N-dealkylation sites (tertiary alicyclic amines) is 1. The van der Waals surface area contributed by atoms with E-state index in [0.29, 0.717) is 19.8 Å². The van der Waals surface area contributed by atoms with Gasteiger partial charge < -0.3 is 19.4 Å². The molecule has 0 aromatic carbocycles. The summed E-state index contributed by atoms with van der Waals surface area (Å²) in [5.41, 5.74) is -0.178. The summed E-state index contributed by atoms with van der Waals surface area (Å²) in [5, 5.41) is 13.0. The molecule has 6 nitrogen and oxygen atoms in total. The van der Waals surface area contributed by atoms with Crippen molar-refractivity contribution in [3.8, 4) is 6.07 Å². The van der Waals surface area contributed by atoms with Crippen molar-refractivity contribution >= 4 is 14.2 Å². The van der Waals surface area contributed by atoms with Gasteiger partial charge in [0, 0.05) is 25.0 Å². The second-order valence-electron chi connectivity index (χ2n) is 9.13. The number of nitrogens with zero attached hydrogens (tertiary/aromatic N) is 2. The van der Waals surface area contributed by atoms with E-state index >= 15 is 0 Å². The maximum atomic E-state index is 13.2. The molecular formula is C20H35N3O3Si. The topological polar surface area (TPSA) is 74.6 Å². The molecule has 2 rings (SSSR count). The first-order valence-corrected chi connectivity index (χ1v) is 13.4. The van der Waals surface area contributed by atoms with Gasteiger partial charge in [0.25, 0.3) is 5.91 Å². The summed E-state index contributed by atoms with van der Waals surface area (Å²) >= 11 is 0. The first kappa shape index (κ1) is 22.1. The molecule has 1 amide bonds. The Hall–Kier alpha value is -1.20. The Balaban J connectivity index is 2.14. The maximum absolute atomic E-state index is 13.2. The fourth-order valence-corrected chi connectivity index (χ4v) is 4.28. The van der Waals surface area contributed by atoms with E-state index in [4.69, 9.17) is 9.16 Å². The minimum atomic E-state index is -1.64. The van der Waals surface area contributed by atoms with Crippen molar-refractivity contribution in [1.82, 2.24) is 10.2 Å². The van der Waals surface area contributed by atoms with Crippen LogP contribution in [-0.4, -0.2) is 64.1 Å². The van der Waals surface area contributed by atoms with E-state index in [1.54, 1.807) is 6.08 Å². The van der Waals surface area contributed by atoms with E-state index in [1.165, 1.54) is 0 Å². The fraction of sp³-hybridized carbons (Fsp3) is 0.800. The average molecular weight is 394 g/mol. The van der Waals surface area contributed by atoms with Gasteiger partial charge in [-0.25, -0.2) is 0 Å². The molecule has 2 fully saturated rings. The molecule has 0 saturated carbocycles. The number of amides is 1. The minimum Gasteiger partial charge on any atom is -0.416 e. The van der Waals surface area contributed by atoms with Gasteiger partial charge in [0.15, 0.2) is 8.32 Å². The van der Waals surface area contributed by atoms with Crippen LogP contribution in [0.5, 0.6) is 0 Å². The van der Waals surface area contributed by atoms with E-state index in [-0.39, 0.29) is 23.6 Å². The van der Waals surface area contributed by atoms with Crippen LogP contribution in [0.2, 0.25) is 19.6 Å². The van der Waals surface area contributed by atoms with Gasteiger partial charge in [-0.1, -0.05) is 19.9 Å². The molecule has 7 heteroatoms. The SMILES string of the molecule is CC(C)(C=C(C#N)C(=O)N1CCCCC1CO[Si](C)(C)C)[C@@H]1CNCCO1. The zero-order chi connectivity index (χ0) is 20.1. The van der Waals surface area contributed by atoms with Crippen LogP contribution in [0, 0.1) is 16.7 Å². The summed E-state index contributed by atoms with van der Waals surface area (Å²) in [6, 6.07) is 2.21. The highest BCUT2D eigenvalue weighted by atomic mass is 28.4. The van der Waals surface area contributed by atoms with Crippen molar-refractivity contribution in [2.75, 3.05) is 32.8 Å². The van der Waals surface area contributed by atoms with Crippen molar-refractivity contribution in [1.29, 1.82) is 5.26 Å². The van der Waals surface area contributed by atoms with E-state index in [0.717, 1.165) is 32.4 Å². The van der Waals surface area contributed by atoms with Gasteiger partial charge in [-0.15, -0.1) is 0 Å². The lowest BCUT2D eigenvalue weighted by molar-refractivity contribution is -0.131. The second kappa shape index (κ2) is 9.33. The highest BCUT2D eigenvalue weighted by Crippen LogP contribution is 2.29. The molecule has 0 aromatic rings. The number of ether oxygens (including phenoxy) is 1. The Bertz CT molecular complexity index is 586. The maximum Gasteiger partial charge on any atom is 0.264 e. The van der Waals surface area contributed by atoms with Gasteiger partial charge in [0.2, 0.25) is 0 Å². The largest absolute Gasteiger partial charge is 0.416 e. The van der Waals surface area contributed by atoms with E-state index < -0.39 is 13.7 Å². The lowest BCUT2D eigenvalue weighted by Crippen LogP contribution is -2.49. The predicted molar refractivity (Wildman–Crippen MR) is 109 cm³/mol. The molecule has 2 heterocycles. The number of carbonyl (C=O) groups is 1. The third-order valence-electron chi connectivity index (χ3n) is 5.22. The Morgan fingerprint density at radius 3 is 2.74 bits per heavy atom. The molecule has 2 atom stereocenters. The smallest absolute Gasteiger partial charge is 0.264 e. The van der Waals surface area contributed by atoms with Crippen LogP contribution in [0.25, 0.3) is 0 Å². The van der Waals surface area contributed by atoms with Crippen molar-refractivity contribution in [2.24, 2.45) is 5.41 Å². The number of hydrogen-bond acceptors (Lipinski definition) is 5. The summed E-state index contributed by atoms with van der Waals surface area (Å²) in [4.78, 5) is 15.0. The van der Waals surface area contributed by atoms with Crippen molar-refractivity contribution < 1.29 is 14.0 Å². The van der Waals surface area contributed by atoms with Gasteiger partial charge in [-0.05, 0) is 38.9 Å². The number of rotatable bonds is 6. The predicted octanol–water partition coefficient (Wildman–Crippen LogP) is 2.68. The molecule has 0 bridgehead atoms. The van der Waals surface area contributed by atoms with E-state index in [2.05, 4.69) is 31.0 Å². The number of piperidine rings is 1. The van der Waals surface area contributed by atoms with Crippen LogP contribution in [0.15, 0.2) is 11.6 Å². The molecule has 0 radical (unpaired) electrons. The highest BCUT2D eigenvalue weighted by Gasteiger charge is 2.34. The summed E-state index contributed by atoms with van der Waals surface area (Å²) in [6.45, 7) is 14.0. The normalized spacial score (nSPS) is 25.2. The monoisotopic (exact) mass is 393 g/mol. The molecule has 0 aromatic heterocycles. The van der Waals surface area contributed by atoms with Gasteiger partial charge in [-0.3, -0.25) is 4.79 Å². The van der Waals surface area contributed by atoms with Crippen LogP contribution < -0.4 is 5.32 Å². The molecule has 0 spiro atoms. The van der Waals surface area contributed by atoms with Crippen LogP contribution in [-0.2, 0) is 14.0 Å². The van der Waals surface area contributed by atoms with E-state index in [1.807, 2.05) is 18.7 Å². The van der Waals surface area contributed by atoms with Crippen LogP contribution in [0.1, 0.15) is 33.1 Å². The van der Waals surface area contributed by atoms with Gasteiger partial charge >= 0.3 is 0 Å². The zero-order valence-corrected chi connectivity index (χ0v) is 18.5. The first-order valence-electron chi connectivity index (χ1n) is 10.0. The summed E-state index contributed by atoms with van der Waals surface area (Å²) in [6.07, 6.45) is 4.77. The van der Waals surface area contributed by atoms with Gasteiger partial charge in [0.1, 0.15) is 11.6 Å². The second-order valence-corrected chi connectivity index (χ2v) is 13.6. The Kier molecular flexibility index (Phi) is 7.63. The lowest BCUT2D eigenvalue weighted by atomic mass is 9.83. The van der Waals surface area contributed by atoms with Crippen LogP contribution in [0.4, 0.5) is 0 Å². The Labute approximate surface area is 165 Å². The van der Waals surface area contributed by atoms with Gasteiger partial charge in [-0.2, -0.15) is 5.26 Å². The van der Waals surface area contributed by atoms with E-state index in [9.17, 15) is 10.1 Å². The standard InChI is InChI=1S/C20H35N3O3Si/c1-20(2,18-14-22-9-11-25-18)12-16(13-21)19(24)23-10-7-6-8-17(23)15-26-27(3,4)5/h12,17-18,22H,6-11,14-15H2,1-5H3/t17?,18-/m0/s1. The molecule has 27 heavy (non-hydrogen) atoms. The Morgan fingerprint density at radius 1 is 1.41 bits per heavy atom. The van der Waals surface area contributed by atoms with Crippen molar-refractivity contribution in [3.63, 3.8) is 0 Å². The lowest BCUT2D eigenvalue weighted by Gasteiger charge is -2.38. The number of nitrogens with one attached hydrogen (secondary N) is 1. The van der Waals surface area contributed by atoms with Crippen molar-refractivity contribution in [3.05, 3.63) is 11.6 Å². The number of nitriles is 1. The van der Waals surface area contributed by atoms with Crippen molar-refractivity contribution in [2.45, 2.75) is 64.9 Å². The summed E-state index contributed by atoms with van der Waals surface area (Å²) in [7, 11) is -1.64.